The fourth-order valence-corrected chi connectivity index (χ4v) is 4.69. The first-order chi connectivity index (χ1) is 17.6. The molecule has 6 nitrogen and oxygen atoms in total. The molecule has 1 saturated heterocycles. The Hall–Kier alpha value is -3.03. The predicted octanol–water partition coefficient (Wildman–Crippen LogP) is 4.19. The van der Waals surface area contributed by atoms with Gasteiger partial charge in [0.2, 0.25) is 5.91 Å². The van der Waals surface area contributed by atoms with Gasteiger partial charge in [-0.25, -0.2) is 0 Å². The van der Waals surface area contributed by atoms with Crippen LogP contribution in [0.4, 0.5) is 0 Å². The van der Waals surface area contributed by atoms with Gasteiger partial charge in [-0.3, -0.25) is 9.69 Å². The summed E-state index contributed by atoms with van der Waals surface area (Å²) in [6, 6.07) is 30.4. The van der Waals surface area contributed by atoms with Crippen LogP contribution in [0.1, 0.15) is 23.6 Å². The Balaban J connectivity index is 1.52. The molecule has 0 radical (unpaired) electrons. The van der Waals surface area contributed by atoms with E-state index in [-0.39, 0.29) is 30.2 Å². The second kappa shape index (κ2) is 13.3. The summed E-state index contributed by atoms with van der Waals surface area (Å²) in [5.41, 5.74) is 3.34. The molecule has 0 spiro atoms. The van der Waals surface area contributed by atoms with E-state index in [2.05, 4.69) is 53.7 Å². The number of amides is 1. The normalized spacial score (nSPS) is 21.9. The first kappa shape index (κ1) is 26.0. The van der Waals surface area contributed by atoms with Gasteiger partial charge in [-0.2, -0.15) is 0 Å². The second-order valence-corrected chi connectivity index (χ2v) is 9.26. The van der Waals surface area contributed by atoms with Crippen LogP contribution >= 0.6 is 0 Å². The largest absolute Gasteiger partial charge is 0.375 e. The molecule has 0 aliphatic carbocycles. The lowest BCUT2D eigenvalue weighted by Crippen LogP contribution is -2.45. The van der Waals surface area contributed by atoms with Crippen molar-refractivity contribution in [2.45, 2.75) is 51.0 Å². The van der Waals surface area contributed by atoms with Crippen molar-refractivity contribution < 1.29 is 19.0 Å². The summed E-state index contributed by atoms with van der Waals surface area (Å²) >= 11 is 0. The summed E-state index contributed by atoms with van der Waals surface area (Å²) in [7, 11) is 2.06. The molecule has 0 unspecified atom stereocenters. The quantitative estimate of drug-likeness (QED) is 0.414. The number of hydrogen-bond donors (Lipinski definition) is 1. The number of carbonyl (C=O) groups is 1. The molecule has 0 aromatic heterocycles. The third-order valence-corrected chi connectivity index (χ3v) is 6.66. The van der Waals surface area contributed by atoms with Crippen molar-refractivity contribution in [3.05, 3.63) is 108 Å². The highest BCUT2D eigenvalue weighted by atomic mass is 16.5. The van der Waals surface area contributed by atoms with Gasteiger partial charge in [0, 0.05) is 13.5 Å². The number of likely N-dealkylation sites (tertiary alicyclic amines) is 1. The maximum absolute atomic E-state index is 11.8. The highest BCUT2D eigenvalue weighted by molar-refractivity contribution is 5.72. The SMILES string of the molecule is CC(=O)NC[C@@H]1[C@@H](OCc2ccccc2)[C@H](OCc2ccccc2)[C@@H](COCc2ccccc2)N1C. The van der Waals surface area contributed by atoms with Gasteiger partial charge in [-0.05, 0) is 23.7 Å². The van der Waals surface area contributed by atoms with E-state index in [0.29, 0.717) is 33.0 Å². The van der Waals surface area contributed by atoms with Crippen LogP contribution < -0.4 is 5.32 Å². The highest BCUT2D eigenvalue weighted by Gasteiger charge is 2.48. The van der Waals surface area contributed by atoms with Crippen LogP contribution in [-0.4, -0.2) is 55.3 Å². The fraction of sp³-hybridized carbons (Fsp3) is 0.367. The summed E-state index contributed by atoms with van der Waals surface area (Å²) < 4.78 is 19.3. The Bertz CT molecular complexity index is 1050. The Labute approximate surface area is 214 Å². The van der Waals surface area contributed by atoms with Gasteiger partial charge in [0.05, 0.1) is 38.5 Å². The van der Waals surface area contributed by atoms with Gasteiger partial charge in [-0.15, -0.1) is 0 Å². The lowest BCUT2D eigenvalue weighted by Gasteiger charge is -2.27. The minimum absolute atomic E-state index is 0.0306. The molecular formula is C30H36N2O4. The minimum atomic E-state index is -0.240. The van der Waals surface area contributed by atoms with Crippen LogP contribution in [0.3, 0.4) is 0 Å². The molecule has 0 saturated carbocycles. The number of rotatable bonds is 12. The first-order valence-corrected chi connectivity index (χ1v) is 12.5. The third kappa shape index (κ3) is 7.24. The van der Waals surface area contributed by atoms with E-state index >= 15 is 0 Å². The predicted molar refractivity (Wildman–Crippen MR) is 140 cm³/mol. The molecule has 1 heterocycles. The van der Waals surface area contributed by atoms with Crippen LogP contribution in [0.5, 0.6) is 0 Å². The summed E-state index contributed by atoms with van der Waals surface area (Å²) in [6.45, 7) is 3.99. The molecule has 190 valence electrons. The number of carbonyl (C=O) groups excluding carboxylic acids is 1. The van der Waals surface area contributed by atoms with Crippen LogP contribution in [0.2, 0.25) is 0 Å². The van der Waals surface area contributed by atoms with Gasteiger partial charge >= 0.3 is 0 Å². The molecule has 3 aromatic carbocycles. The molecule has 1 N–H and O–H groups in total. The van der Waals surface area contributed by atoms with E-state index in [4.69, 9.17) is 14.2 Å². The average molecular weight is 489 g/mol. The van der Waals surface area contributed by atoms with E-state index in [1.807, 2.05) is 54.6 Å². The number of hydrogen-bond acceptors (Lipinski definition) is 5. The molecule has 6 heteroatoms. The number of benzene rings is 3. The summed E-state index contributed by atoms with van der Waals surface area (Å²) in [6.07, 6.45) is -0.468. The minimum Gasteiger partial charge on any atom is -0.375 e. The van der Waals surface area contributed by atoms with E-state index < -0.39 is 0 Å². The Morgan fingerprint density at radius 2 is 1.17 bits per heavy atom. The number of nitrogens with one attached hydrogen (secondary N) is 1. The van der Waals surface area contributed by atoms with Crippen molar-refractivity contribution >= 4 is 5.91 Å². The number of ether oxygens (including phenoxy) is 3. The monoisotopic (exact) mass is 488 g/mol. The Morgan fingerprint density at radius 1 is 0.722 bits per heavy atom. The van der Waals surface area contributed by atoms with Crippen LogP contribution in [0, 0.1) is 0 Å². The molecule has 4 atom stereocenters. The van der Waals surface area contributed by atoms with Gasteiger partial charge in [0.25, 0.3) is 0 Å². The van der Waals surface area contributed by atoms with Crippen LogP contribution in [0.25, 0.3) is 0 Å². The van der Waals surface area contributed by atoms with Crippen molar-refractivity contribution in [2.75, 3.05) is 20.2 Å². The highest BCUT2D eigenvalue weighted by Crippen LogP contribution is 2.30. The van der Waals surface area contributed by atoms with Crippen molar-refractivity contribution in [2.24, 2.45) is 0 Å². The first-order valence-electron chi connectivity index (χ1n) is 12.5. The fourth-order valence-electron chi connectivity index (χ4n) is 4.69. The molecule has 3 aromatic rings. The smallest absolute Gasteiger partial charge is 0.216 e. The van der Waals surface area contributed by atoms with Crippen LogP contribution in [0.15, 0.2) is 91.0 Å². The zero-order valence-corrected chi connectivity index (χ0v) is 21.1. The van der Waals surface area contributed by atoms with E-state index in [9.17, 15) is 4.79 Å². The van der Waals surface area contributed by atoms with E-state index in [1.165, 1.54) is 0 Å². The van der Waals surface area contributed by atoms with Crippen molar-refractivity contribution in [3.63, 3.8) is 0 Å². The van der Waals surface area contributed by atoms with Gasteiger partial charge in [-0.1, -0.05) is 91.0 Å². The topological polar surface area (TPSA) is 60.0 Å². The summed E-state index contributed by atoms with van der Waals surface area (Å²) in [4.78, 5) is 14.0. The van der Waals surface area contributed by atoms with Crippen molar-refractivity contribution in [1.29, 1.82) is 0 Å². The van der Waals surface area contributed by atoms with Crippen molar-refractivity contribution in [3.8, 4) is 0 Å². The van der Waals surface area contributed by atoms with E-state index in [0.717, 1.165) is 16.7 Å². The van der Waals surface area contributed by atoms with Gasteiger partial charge in [0.1, 0.15) is 12.2 Å². The van der Waals surface area contributed by atoms with Crippen molar-refractivity contribution in [1.82, 2.24) is 10.2 Å². The molecule has 4 rings (SSSR count). The van der Waals surface area contributed by atoms with Crippen LogP contribution in [-0.2, 0) is 38.8 Å². The molecule has 1 aliphatic heterocycles. The van der Waals surface area contributed by atoms with Gasteiger partial charge < -0.3 is 19.5 Å². The average Bonchev–Trinajstić information content (AvgIpc) is 3.16. The molecule has 1 amide bonds. The molecular weight excluding hydrogens is 452 g/mol. The second-order valence-electron chi connectivity index (χ2n) is 9.26. The maximum atomic E-state index is 11.8. The van der Waals surface area contributed by atoms with E-state index in [1.54, 1.807) is 6.92 Å². The standard InChI is InChI=1S/C30H36N2O4/c1-23(33)31-18-27-29(35-20-25-14-8-4-9-15-25)30(36-21-26-16-10-5-11-17-26)28(32(27)2)22-34-19-24-12-6-3-7-13-24/h3-17,27-30H,18-22H2,1-2H3,(H,31,33)/t27-,28-,29-,30-/m1/s1. The zero-order valence-electron chi connectivity index (χ0n) is 21.1. The Morgan fingerprint density at radius 3 is 1.64 bits per heavy atom. The summed E-state index contributed by atoms with van der Waals surface area (Å²) in [5, 5.41) is 2.99. The lowest BCUT2D eigenvalue weighted by molar-refractivity contribution is -0.119. The summed E-state index contributed by atoms with van der Waals surface area (Å²) in [5.74, 6) is -0.0595. The molecule has 36 heavy (non-hydrogen) atoms. The van der Waals surface area contributed by atoms with Gasteiger partial charge in [0.15, 0.2) is 0 Å². The third-order valence-electron chi connectivity index (χ3n) is 6.66. The molecule has 1 aliphatic rings. The number of nitrogens with zero attached hydrogens (tertiary/aromatic N) is 1. The lowest BCUT2D eigenvalue weighted by atomic mass is 10.1. The molecule has 1 fully saturated rings. The molecule has 0 bridgehead atoms. The Kier molecular flexibility index (Phi) is 9.64. The maximum Gasteiger partial charge on any atom is 0.216 e. The zero-order chi connectivity index (χ0) is 25.2. The number of likely N-dealkylation sites (N-methyl/N-ethyl adjacent to an activating group) is 1.